The second-order valence-electron chi connectivity index (χ2n) is 5.28. The van der Waals surface area contributed by atoms with Crippen LogP contribution >= 0.6 is 0 Å². The monoisotopic (exact) mass is 331 g/mol. The number of Topliss-reactive ketones (excluding diaryl/α,β-unsaturated/α-hetero) is 1. The fourth-order valence-corrected chi connectivity index (χ4v) is 1.99. The maximum atomic E-state index is 11.6. The first-order chi connectivity index (χ1) is 10.9. The highest BCUT2D eigenvalue weighted by atomic mass is 16.5. The van der Waals surface area contributed by atoms with Crippen LogP contribution in [-0.2, 0) is 23.9 Å². The zero-order valence-corrected chi connectivity index (χ0v) is 13.4. The van der Waals surface area contributed by atoms with Gasteiger partial charge in [-0.05, 0) is 19.3 Å². The van der Waals surface area contributed by atoms with Crippen LogP contribution in [0.4, 0.5) is 0 Å². The van der Waals surface area contributed by atoms with Crippen molar-refractivity contribution in [2.45, 2.75) is 57.4 Å². The predicted molar refractivity (Wildman–Crippen MR) is 81.0 cm³/mol. The van der Waals surface area contributed by atoms with Gasteiger partial charge in [-0.1, -0.05) is 12.8 Å². The number of nitrogens with one attached hydrogen (secondary N) is 1. The molecular formula is C15H25NO7. The van der Waals surface area contributed by atoms with Gasteiger partial charge in [-0.25, -0.2) is 4.79 Å². The molecule has 0 aliphatic carbocycles. The number of carbonyl (C=O) groups excluding carboxylic acids is 2. The fraction of sp³-hybridized carbons (Fsp3) is 0.733. The Morgan fingerprint density at radius 3 is 2.09 bits per heavy atom. The summed E-state index contributed by atoms with van der Waals surface area (Å²) in [5.74, 6) is -2.70. The molecule has 0 rings (SSSR count). The number of ketones is 1. The molecule has 1 amide bonds. The van der Waals surface area contributed by atoms with E-state index in [2.05, 4.69) is 5.32 Å². The first-order valence-corrected chi connectivity index (χ1v) is 7.61. The molecule has 0 radical (unpaired) electrons. The minimum atomic E-state index is -1.24. The highest BCUT2D eigenvalue weighted by Crippen LogP contribution is 2.07. The third-order valence-electron chi connectivity index (χ3n) is 3.19. The van der Waals surface area contributed by atoms with Gasteiger partial charge in [0.1, 0.15) is 12.6 Å². The van der Waals surface area contributed by atoms with E-state index in [1.165, 1.54) is 7.11 Å². The van der Waals surface area contributed by atoms with Crippen molar-refractivity contribution < 1.29 is 34.1 Å². The van der Waals surface area contributed by atoms with Crippen molar-refractivity contribution in [3.63, 3.8) is 0 Å². The Morgan fingerprint density at radius 1 is 0.957 bits per heavy atom. The summed E-state index contributed by atoms with van der Waals surface area (Å²) in [6, 6.07) is -1.18. The Kier molecular flexibility index (Phi) is 11.5. The minimum Gasteiger partial charge on any atom is -0.481 e. The van der Waals surface area contributed by atoms with E-state index in [0.29, 0.717) is 12.8 Å². The van der Waals surface area contributed by atoms with E-state index in [4.69, 9.17) is 14.9 Å². The van der Waals surface area contributed by atoms with Crippen molar-refractivity contribution in [1.82, 2.24) is 5.32 Å². The summed E-state index contributed by atoms with van der Waals surface area (Å²) in [7, 11) is 1.47. The zero-order valence-electron chi connectivity index (χ0n) is 13.4. The summed E-state index contributed by atoms with van der Waals surface area (Å²) in [5, 5.41) is 19.8. The van der Waals surface area contributed by atoms with Crippen LogP contribution in [0.25, 0.3) is 0 Å². The normalized spacial score (nSPS) is 11.7. The highest BCUT2D eigenvalue weighted by molar-refractivity contribution is 5.83. The molecule has 0 saturated carbocycles. The summed E-state index contributed by atoms with van der Waals surface area (Å²) in [5.41, 5.74) is 0. The van der Waals surface area contributed by atoms with Crippen LogP contribution in [0.5, 0.6) is 0 Å². The summed E-state index contributed by atoms with van der Waals surface area (Å²) < 4.78 is 4.72. The number of amides is 1. The van der Waals surface area contributed by atoms with Gasteiger partial charge in [0, 0.05) is 26.4 Å². The van der Waals surface area contributed by atoms with Gasteiger partial charge >= 0.3 is 11.9 Å². The van der Waals surface area contributed by atoms with Crippen molar-refractivity contribution in [3.8, 4) is 0 Å². The Labute approximate surface area is 135 Å². The lowest BCUT2D eigenvalue weighted by Gasteiger charge is -2.13. The standard InChI is InChI=1S/C15H25NO7/c1-23-10-11(17)6-4-2-3-5-7-13(18)16-12(15(21)22)8-9-14(19)20/h12H,2-10H2,1H3,(H,16,18)(H,19,20)(H,21,22)/t12-/m0/s1. The lowest BCUT2D eigenvalue weighted by atomic mass is 10.1. The molecule has 0 fully saturated rings. The van der Waals surface area contributed by atoms with E-state index in [-0.39, 0.29) is 31.7 Å². The largest absolute Gasteiger partial charge is 0.481 e. The molecule has 3 N–H and O–H groups in total. The summed E-state index contributed by atoms with van der Waals surface area (Å²) >= 11 is 0. The van der Waals surface area contributed by atoms with Gasteiger partial charge in [-0.3, -0.25) is 14.4 Å². The Balaban J connectivity index is 3.81. The Hall–Kier alpha value is -1.96. The summed E-state index contributed by atoms with van der Waals surface area (Å²) in [4.78, 5) is 44.2. The first kappa shape index (κ1) is 21.0. The molecule has 0 saturated heterocycles. The van der Waals surface area contributed by atoms with E-state index in [1.54, 1.807) is 0 Å². The number of hydrogen-bond donors (Lipinski definition) is 3. The van der Waals surface area contributed by atoms with Crippen molar-refractivity contribution >= 4 is 23.6 Å². The lowest BCUT2D eigenvalue weighted by Crippen LogP contribution is -2.41. The first-order valence-electron chi connectivity index (χ1n) is 7.61. The molecule has 0 unspecified atom stereocenters. The third-order valence-corrected chi connectivity index (χ3v) is 3.19. The second kappa shape index (κ2) is 12.6. The summed E-state index contributed by atoms with van der Waals surface area (Å²) in [6.07, 6.45) is 3.09. The van der Waals surface area contributed by atoms with Gasteiger partial charge in [0.2, 0.25) is 5.91 Å². The zero-order chi connectivity index (χ0) is 17.7. The van der Waals surface area contributed by atoms with E-state index in [1.807, 2.05) is 0 Å². The number of ether oxygens (including phenoxy) is 1. The molecule has 0 aromatic rings. The maximum absolute atomic E-state index is 11.6. The number of hydrogen-bond acceptors (Lipinski definition) is 5. The number of carboxylic acids is 2. The molecule has 8 heteroatoms. The SMILES string of the molecule is COCC(=O)CCCCCCC(=O)N[C@@H](CCC(=O)O)C(=O)O. The molecule has 23 heavy (non-hydrogen) atoms. The van der Waals surface area contributed by atoms with Crippen LogP contribution in [0.15, 0.2) is 0 Å². The average molecular weight is 331 g/mol. The molecule has 0 bridgehead atoms. The quantitative estimate of drug-likeness (QED) is 0.404. The number of aliphatic carboxylic acids is 2. The molecule has 0 aliphatic rings. The van der Waals surface area contributed by atoms with E-state index < -0.39 is 23.9 Å². The van der Waals surface area contributed by atoms with Gasteiger partial charge in [-0.2, -0.15) is 0 Å². The minimum absolute atomic E-state index is 0.0490. The van der Waals surface area contributed by atoms with Crippen molar-refractivity contribution in [2.24, 2.45) is 0 Å². The fourth-order valence-electron chi connectivity index (χ4n) is 1.99. The highest BCUT2D eigenvalue weighted by Gasteiger charge is 2.20. The van der Waals surface area contributed by atoms with Crippen LogP contribution in [0.3, 0.4) is 0 Å². The van der Waals surface area contributed by atoms with Gasteiger partial charge < -0.3 is 20.3 Å². The maximum Gasteiger partial charge on any atom is 0.326 e. The number of carbonyl (C=O) groups is 4. The van der Waals surface area contributed by atoms with Crippen molar-refractivity contribution in [3.05, 3.63) is 0 Å². The Bertz CT molecular complexity index is 409. The molecule has 0 aromatic carbocycles. The number of carboxylic acid groups (broad SMARTS) is 2. The van der Waals surface area contributed by atoms with Crippen LogP contribution in [0, 0.1) is 0 Å². The molecule has 0 aliphatic heterocycles. The van der Waals surface area contributed by atoms with Crippen LogP contribution < -0.4 is 5.32 Å². The molecule has 8 nitrogen and oxygen atoms in total. The smallest absolute Gasteiger partial charge is 0.326 e. The van der Waals surface area contributed by atoms with E-state index >= 15 is 0 Å². The van der Waals surface area contributed by atoms with Gasteiger partial charge in [0.15, 0.2) is 5.78 Å². The van der Waals surface area contributed by atoms with Crippen molar-refractivity contribution in [2.75, 3.05) is 13.7 Å². The molecule has 0 spiro atoms. The molecule has 132 valence electrons. The topological polar surface area (TPSA) is 130 Å². The second-order valence-corrected chi connectivity index (χ2v) is 5.28. The molecule has 0 aromatic heterocycles. The Morgan fingerprint density at radius 2 is 1.57 bits per heavy atom. The average Bonchev–Trinajstić information content (AvgIpc) is 2.46. The predicted octanol–water partition coefficient (Wildman–Crippen LogP) is 0.977. The van der Waals surface area contributed by atoms with E-state index in [9.17, 15) is 19.2 Å². The number of rotatable bonds is 14. The van der Waals surface area contributed by atoms with Gasteiger partial charge in [0.25, 0.3) is 0 Å². The van der Waals surface area contributed by atoms with Gasteiger partial charge in [0.05, 0.1) is 0 Å². The lowest BCUT2D eigenvalue weighted by molar-refractivity contribution is -0.143. The molecular weight excluding hydrogens is 306 g/mol. The van der Waals surface area contributed by atoms with Crippen LogP contribution in [0.2, 0.25) is 0 Å². The number of unbranched alkanes of at least 4 members (excludes halogenated alkanes) is 3. The van der Waals surface area contributed by atoms with Crippen LogP contribution in [0.1, 0.15) is 51.4 Å². The van der Waals surface area contributed by atoms with E-state index in [0.717, 1.165) is 19.3 Å². The summed E-state index contributed by atoms with van der Waals surface area (Å²) in [6.45, 7) is 0.120. The number of methoxy groups -OCH3 is 1. The van der Waals surface area contributed by atoms with Crippen molar-refractivity contribution in [1.29, 1.82) is 0 Å². The van der Waals surface area contributed by atoms with Crippen LogP contribution in [-0.4, -0.2) is 53.6 Å². The molecule has 0 heterocycles. The van der Waals surface area contributed by atoms with Gasteiger partial charge in [-0.15, -0.1) is 0 Å². The third kappa shape index (κ3) is 12.3. The molecule has 1 atom stereocenters.